The maximum absolute atomic E-state index is 2.56. The van der Waals surface area contributed by atoms with Crippen LogP contribution < -0.4 is 0 Å². The molecule has 1 atom stereocenters. The average molecular weight is 167 g/mol. The van der Waals surface area contributed by atoms with E-state index in [2.05, 4.69) is 27.2 Å². The van der Waals surface area contributed by atoms with Crippen LogP contribution in [0.15, 0.2) is 0 Å². The molecule has 1 aliphatic carbocycles. The van der Waals surface area contributed by atoms with Gasteiger partial charge < -0.3 is 0 Å². The van der Waals surface area contributed by atoms with Crippen LogP contribution in [0.25, 0.3) is 0 Å². The number of hydrogen-bond acceptors (Lipinski definition) is 0. The summed E-state index contributed by atoms with van der Waals surface area (Å²) in [5.74, 6) is 0.925. The first-order chi connectivity index (χ1) is 5.64. The molecule has 0 nitrogen and oxygen atoms in total. The molecule has 0 bridgehead atoms. The molecule has 0 aromatic carbocycles. The molecule has 12 heavy (non-hydrogen) atoms. The van der Waals surface area contributed by atoms with Gasteiger partial charge in [-0.25, -0.2) is 0 Å². The molecule has 0 heteroatoms. The van der Waals surface area contributed by atoms with Crippen molar-refractivity contribution in [3.63, 3.8) is 0 Å². The summed E-state index contributed by atoms with van der Waals surface area (Å²) in [7, 11) is 0. The van der Waals surface area contributed by atoms with Gasteiger partial charge in [0, 0.05) is 0 Å². The Kier molecular flexibility index (Phi) is 3.61. The fraction of sp³-hybridized carbons (Fsp3) is 0.917. The highest BCUT2D eigenvalue weighted by Crippen LogP contribution is 2.39. The minimum absolute atomic E-state index is 0.618. The van der Waals surface area contributed by atoms with Crippen LogP contribution in [0.2, 0.25) is 0 Å². The molecular formula is C12H23. The normalized spacial score (nSPS) is 28.8. The highest BCUT2D eigenvalue weighted by Gasteiger charge is 2.27. The molecule has 1 aliphatic rings. The van der Waals surface area contributed by atoms with Crippen molar-refractivity contribution in [2.45, 2.75) is 59.3 Å². The van der Waals surface area contributed by atoms with E-state index >= 15 is 0 Å². The van der Waals surface area contributed by atoms with Gasteiger partial charge in [0.1, 0.15) is 0 Å². The predicted molar refractivity (Wildman–Crippen MR) is 54.9 cm³/mol. The molecule has 1 rings (SSSR count). The molecule has 0 aromatic heterocycles. The van der Waals surface area contributed by atoms with Crippen LogP contribution in [0.1, 0.15) is 59.3 Å². The molecule has 1 saturated carbocycles. The van der Waals surface area contributed by atoms with E-state index in [1.54, 1.807) is 0 Å². The summed E-state index contributed by atoms with van der Waals surface area (Å²) in [6.07, 6.45) is 10.9. The number of unbranched alkanes of at least 4 members (excludes halogenated alkanes) is 1. The Morgan fingerprint density at radius 2 is 2.17 bits per heavy atom. The van der Waals surface area contributed by atoms with Crippen molar-refractivity contribution in [2.24, 2.45) is 11.3 Å². The summed E-state index contributed by atoms with van der Waals surface area (Å²) in [4.78, 5) is 0. The quantitative estimate of drug-likeness (QED) is 0.590. The van der Waals surface area contributed by atoms with Crippen LogP contribution in [0.3, 0.4) is 0 Å². The SMILES string of the molecule is CCC[CH][C@@H]1CCCC(C)(C)C1. The van der Waals surface area contributed by atoms with Crippen molar-refractivity contribution >= 4 is 0 Å². The second-order valence-corrected chi connectivity index (χ2v) is 5.05. The molecule has 0 amide bonds. The lowest BCUT2D eigenvalue weighted by Crippen LogP contribution is -2.22. The first-order valence-electron chi connectivity index (χ1n) is 5.47. The lowest BCUT2D eigenvalue weighted by atomic mass is 9.71. The van der Waals surface area contributed by atoms with Crippen molar-refractivity contribution in [1.82, 2.24) is 0 Å². The van der Waals surface area contributed by atoms with Gasteiger partial charge in [0.05, 0.1) is 0 Å². The first-order valence-corrected chi connectivity index (χ1v) is 5.47. The largest absolute Gasteiger partial charge is 0.0654 e. The van der Waals surface area contributed by atoms with Gasteiger partial charge in [-0.3, -0.25) is 0 Å². The van der Waals surface area contributed by atoms with Crippen molar-refractivity contribution in [2.75, 3.05) is 0 Å². The van der Waals surface area contributed by atoms with E-state index in [0.29, 0.717) is 5.41 Å². The Balaban J connectivity index is 2.26. The minimum atomic E-state index is 0.618. The molecule has 1 fully saturated rings. The topological polar surface area (TPSA) is 0 Å². The second-order valence-electron chi connectivity index (χ2n) is 5.05. The molecule has 1 radical (unpaired) electrons. The average Bonchev–Trinajstić information content (AvgIpc) is 1.99. The molecule has 0 aromatic rings. The van der Waals surface area contributed by atoms with Crippen LogP contribution in [0.5, 0.6) is 0 Å². The summed E-state index contributed by atoms with van der Waals surface area (Å²) in [5.41, 5.74) is 0.618. The zero-order valence-electron chi connectivity index (χ0n) is 8.90. The van der Waals surface area contributed by atoms with Crippen LogP contribution >= 0.6 is 0 Å². The third-order valence-electron chi connectivity index (χ3n) is 3.03. The number of rotatable bonds is 3. The Hall–Kier alpha value is 0. The van der Waals surface area contributed by atoms with Gasteiger partial charge in [0.25, 0.3) is 0 Å². The number of hydrogen-bond donors (Lipinski definition) is 0. The van der Waals surface area contributed by atoms with Gasteiger partial charge in [-0.2, -0.15) is 0 Å². The first kappa shape index (κ1) is 10.1. The molecule has 0 spiro atoms. The lowest BCUT2D eigenvalue weighted by molar-refractivity contribution is 0.195. The van der Waals surface area contributed by atoms with Gasteiger partial charge in [0.2, 0.25) is 0 Å². The second kappa shape index (κ2) is 4.30. The van der Waals surface area contributed by atoms with Gasteiger partial charge >= 0.3 is 0 Å². The molecule has 71 valence electrons. The molecular weight excluding hydrogens is 144 g/mol. The summed E-state index contributed by atoms with van der Waals surface area (Å²) in [6, 6.07) is 0. The third-order valence-corrected chi connectivity index (χ3v) is 3.03. The predicted octanol–water partition coefficient (Wildman–Crippen LogP) is 4.21. The van der Waals surface area contributed by atoms with Crippen LogP contribution in [-0.4, -0.2) is 0 Å². The Labute approximate surface area is 77.7 Å². The maximum atomic E-state index is 2.56. The van der Waals surface area contributed by atoms with Gasteiger partial charge in [-0.1, -0.05) is 46.5 Å². The highest BCUT2D eigenvalue weighted by molar-refractivity contribution is 4.86. The van der Waals surface area contributed by atoms with Crippen molar-refractivity contribution < 1.29 is 0 Å². The molecule has 0 heterocycles. The minimum Gasteiger partial charge on any atom is -0.0654 e. The van der Waals surface area contributed by atoms with Crippen LogP contribution in [-0.2, 0) is 0 Å². The summed E-state index contributed by atoms with van der Waals surface area (Å²) in [5, 5.41) is 0. The Morgan fingerprint density at radius 3 is 2.75 bits per heavy atom. The van der Waals surface area contributed by atoms with E-state index in [1.165, 1.54) is 38.5 Å². The van der Waals surface area contributed by atoms with Crippen molar-refractivity contribution in [3.8, 4) is 0 Å². The van der Waals surface area contributed by atoms with E-state index in [4.69, 9.17) is 0 Å². The van der Waals surface area contributed by atoms with E-state index in [-0.39, 0.29) is 0 Å². The molecule has 0 unspecified atom stereocenters. The zero-order valence-corrected chi connectivity index (χ0v) is 8.90. The van der Waals surface area contributed by atoms with Crippen LogP contribution in [0.4, 0.5) is 0 Å². The fourth-order valence-electron chi connectivity index (χ4n) is 2.36. The molecule has 0 aliphatic heterocycles. The van der Waals surface area contributed by atoms with Gasteiger partial charge in [-0.15, -0.1) is 0 Å². The zero-order chi connectivity index (χ0) is 9.03. The monoisotopic (exact) mass is 167 g/mol. The molecule has 0 N–H and O–H groups in total. The summed E-state index contributed by atoms with van der Waals surface area (Å²) >= 11 is 0. The summed E-state index contributed by atoms with van der Waals surface area (Å²) < 4.78 is 0. The van der Waals surface area contributed by atoms with Crippen molar-refractivity contribution in [3.05, 3.63) is 6.42 Å². The van der Waals surface area contributed by atoms with E-state index in [1.807, 2.05) is 0 Å². The van der Waals surface area contributed by atoms with E-state index in [0.717, 1.165) is 5.92 Å². The van der Waals surface area contributed by atoms with Crippen molar-refractivity contribution in [1.29, 1.82) is 0 Å². The Morgan fingerprint density at radius 1 is 1.42 bits per heavy atom. The fourth-order valence-corrected chi connectivity index (χ4v) is 2.36. The highest BCUT2D eigenvalue weighted by atomic mass is 14.3. The van der Waals surface area contributed by atoms with Gasteiger partial charge in [0.15, 0.2) is 0 Å². The standard InChI is InChI=1S/C12H23/c1-4-5-7-11-8-6-9-12(2,3)10-11/h7,11H,4-6,8-10H2,1-3H3/t11-/m1/s1. The van der Waals surface area contributed by atoms with Crippen LogP contribution in [0, 0.1) is 17.8 Å². The summed E-state index contributed by atoms with van der Waals surface area (Å²) in [6.45, 7) is 7.10. The Bertz CT molecular complexity index is 124. The van der Waals surface area contributed by atoms with E-state index in [9.17, 15) is 0 Å². The lowest BCUT2D eigenvalue weighted by Gasteiger charge is -2.35. The smallest absolute Gasteiger partial charge is 0.0351 e. The van der Waals surface area contributed by atoms with Gasteiger partial charge in [-0.05, 0) is 30.6 Å². The maximum Gasteiger partial charge on any atom is -0.0351 e. The third kappa shape index (κ3) is 3.16. The molecule has 0 saturated heterocycles. The van der Waals surface area contributed by atoms with E-state index < -0.39 is 0 Å².